The summed E-state index contributed by atoms with van der Waals surface area (Å²) < 4.78 is 21.7. The number of methoxy groups -OCH3 is 1. The molecule has 0 bridgehead atoms. The van der Waals surface area contributed by atoms with Gasteiger partial charge in [0, 0.05) is 46.0 Å². The number of ether oxygens (including phenoxy) is 4. The van der Waals surface area contributed by atoms with E-state index in [1.165, 1.54) is 13.1 Å². The molecule has 0 saturated carbocycles. The fourth-order valence-corrected chi connectivity index (χ4v) is 2.65. The number of nitrogens with zero attached hydrogens (tertiary/aromatic N) is 1. The van der Waals surface area contributed by atoms with Crippen LogP contribution in [0.5, 0.6) is 0 Å². The first-order valence-electron chi connectivity index (χ1n) is 9.65. The van der Waals surface area contributed by atoms with Crippen molar-refractivity contribution in [3.8, 4) is 0 Å². The van der Waals surface area contributed by atoms with E-state index in [0.29, 0.717) is 32.5 Å². The van der Waals surface area contributed by atoms with Gasteiger partial charge in [-0.25, -0.2) is 0 Å². The Bertz CT molecular complexity index is 291. The van der Waals surface area contributed by atoms with E-state index in [2.05, 4.69) is 15.5 Å². The highest BCUT2D eigenvalue weighted by Gasteiger charge is 2.23. The Hall–Kier alpha value is -0.280. The molecular formula is C18H39N3O4. The first-order valence-corrected chi connectivity index (χ1v) is 9.65. The number of likely N-dealkylation sites (N-methyl/N-ethyl adjacent to an activating group) is 1. The third-order valence-electron chi connectivity index (χ3n) is 4.30. The first kappa shape index (κ1) is 22.8. The number of unbranched alkanes of at least 4 members (excludes halogenated alkanes) is 1. The summed E-state index contributed by atoms with van der Waals surface area (Å²) in [6.07, 6.45) is 3.30. The molecule has 1 aliphatic heterocycles. The molecule has 7 heteroatoms. The normalized spacial score (nSPS) is 16.9. The van der Waals surface area contributed by atoms with Crippen LogP contribution < -0.4 is 10.6 Å². The van der Waals surface area contributed by atoms with Crippen LogP contribution in [0.4, 0.5) is 0 Å². The highest BCUT2D eigenvalue weighted by atomic mass is 16.5. The Morgan fingerprint density at radius 2 is 1.68 bits per heavy atom. The van der Waals surface area contributed by atoms with Gasteiger partial charge in [-0.2, -0.15) is 0 Å². The minimum absolute atomic E-state index is 0.0672. The molecule has 1 aliphatic rings. The van der Waals surface area contributed by atoms with Gasteiger partial charge < -0.3 is 29.2 Å². The van der Waals surface area contributed by atoms with Crippen molar-refractivity contribution >= 4 is 0 Å². The fraction of sp³-hybridized carbons (Fsp3) is 1.00. The van der Waals surface area contributed by atoms with Crippen molar-refractivity contribution < 1.29 is 18.9 Å². The molecule has 0 aromatic heterocycles. The number of nitrogens with one attached hydrogen (secondary N) is 2. The maximum Gasteiger partial charge on any atom is 0.105 e. The van der Waals surface area contributed by atoms with Crippen LogP contribution in [0.2, 0.25) is 0 Å². The van der Waals surface area contributed by atoms with Gasteiger partial charge in [-0.15, -0.1) is 0 Å². The highest BCUT2D eigenvalue weighted by Crippen LogP contribution is 2.07. The molecule has 0 aliphatic carbocycles. The van der Waals surface area contributed by atoms with E-state index in [-0.39, 0.29) is 6.23 Å². The smallest absolute Gasteiger partial charge is 0.105 e. The Morgan fingerprint density at radius 3 is 2.40 bits per heavy atom. The van der Waals surface area contributed by atoms with E-state index in [4.69, 9.17) is 18.9 Å². The van der Waals surface area contributed by atoms with Crippen molar-refractivity contribution in [1.29, 1.82) is 0 Å². The van der Waals surface area contributed by atoms with Gasteiger partial charge in [0.15, 0.2) is 0 Å². The van der Waals surface area contributed by atoms with Crippen molar-refractivity contribution in [3.63, 3.8) is 0 Å². The molecule has 1 unspecified atom stereocenters. The van der Waals surface area contributed by atoms with Crippen LogP contribution in [0, 0.1) is 0 Å². The largest absolute Gasteiger partial charge is 0.382 e. The van der Waals surface area contributed by atoms with Gasteiger partial charge in [0.1, 0.15) is 6.23 Å². The molecule has 0 aromatic rings. The van der Waals surface area contributed by atoms with Crippen LogP contribution in [-0.4, -0.2) is 97.1 Å². The van der Waals surface area contributed by atoms with Gasteiger partial charge in [-0.1, -0.05) is 0 Å². The summed E-state index contributed by atoms with van der Waals surface area (Å²) in [7, 11) is 3.71. The maximum absolute atomic E-state index is 5.69. The lowest BCUT2D eigenvalue weighted by Gasteiger charge is -2.39. The number of hydrogen-bond acceptors (Lipinski definition) is 7. The lowest BCUT2D eigenvalue weighted by Crippen LogP contribution is -2.57. The lowest BCUT2D eigenvalue weighted by atomic mass is 10.1. The minimum atomic E-state index is 0.0672. The molecule has 25 heavy (non-hydrogen) atoms. The van der Waals surface area contributed by atoms with E-state index in [9.17, 15) is 0 Å². The molecule has 1 fully saturated rings. The van der Waals surface area contributed by atoms with Crippen molar-refractivity contribution in [1.82, 2.24) is 15.5 Å². The van der Waals surface area contributed by atoms with Crippen LogP contribution in [0.15, 0.2) is 0 Å². The van der Waals surface area contributed by atoms with E-state index >= 15 is 0 Å². The summed E-state index contributed by atoms with van der Waals surface area (Å²) in [5.74, 6) is 0. The van der Waals surface area contributed by atoms with Gasteiger partial charge >= 0.3 is 0 Å². The second kappa shape index (κ2) is 15.9. The van der Waals surface area contributed by atoms with E-state index < -0.39 is 0 Å². The van der Waals surface area contributed by atoms with Gasteiger partial charge in [-0.05, 0) is 39.8 Å². The number of likely N-dealkylation sites (tertiary alicyclic amines) is 1. The maximum atomic E-state index is 5.69. The van der Waals surface area contributed by atoms with Crippen LogP contribution in [0.25, 0.3) is 0 Å². The molecule has 1 heterocycles. The van der Waals surface area contributed by atoms with Gasteiger partial charge in [0.25, 0.3) is 0 Å². The third-order valence-corrected chi connectivity index (χ3v) is 4.30. The number of hydrogen-bond donors (Lipinski definition) is 2. The predicted octanol–water partition coefficient (Wildman–Crippen LogP) is 0.692. The zero-order valence-electron chi connectivity index (χ0n) is 16.4. The topological polar surface area (TPSA) is 64.2 Å². The molecule has 7 nitrogen and oxygen atoms in total. The van der Waals surface area contributed by atoms with Gasteiger partial charge in [-0.3, -0.25) is 5.32 Å². The van der Waals surface area contributed by atoms with Crippen molar-refractivity contribution in [2.45, 2.75) is 38.5 Å². The lowest BCUT2D eigenvalue weighted by molar-refractivity contribution is -0.00436. The molecule has 1 rings (SSSR count). The zero-order chi connectivity index (χ0) is 18.2. The molecule has 0 spiro atoms. The molecule has 0 radical (unpaired) electrons. The summed E-state index contributed by atoms with van der Waals surface area (Å²) in [6.45, 7) is 10.7. The SMILES string of the molecule is CNC1CN(CCCOCCOC(C)NCCCCOCCOC)C1. The Morgan fingerprint density at radius 1 is 0.960 bits per heavy atom. The quantitative estimate of drug-likeness (QED) is 0.275. The Kier molecular flexibility index (Phi) is 14.5. The zero-order valence-corrected chi connectivity index (χ0v) is 16.4. The monoisotopic (exact) mass is 361 g/mol. The molecule has 2 N–H and O–H groups in total. The van der Waals surface area contributed by atoms with E-state index in [1.807, 2.05) is 14.0 Å². The summed E-state index contributed by atoms with van der Waals surface area (Å²) in [5.41, 5.74) is 0. The average molecular weight is 362 g/mol. The second-order valence-corrected chi connectivity index (χ2v) is 6.49. The molecular weight excluding hydrogens is 322 g/mol. The predicted molar refractivity (Wildman–Crippen MR) is 100 cm³/mol. The van der Waals surface area contributed by atoms with Crippen LogP contribution >= 0.6 is 0 Å². The van der Waals surface area contributed by atoms with Crippen molar-refractivity contribution in [2.24, 2.45) is 0 Å². The van der Waals surface area contributed by atoms with Gasteiger partial charge in [0.05, 0.1) is 26.4 Å². The van der Waals surface area contributed by atoms with E-state index in [1.54, 1.807) is 7.11 Å². The van der Waals surface area contributed by atoms with Crippen molar-refractivity contribution in [2.75, 3.05) is 80.0 Å². The average Bonchev–Trinajstić information content (AvgIpc) is 2.58. The molecule has 0 amide bonds. The molecule has 1 saturated heterocycles. The summed E-state index contributed by atoms with van der Waals surface area (Å²) in [5, 5.41) is 6.64. The highest BCUT2D eigenvalue weighted by molar-refractivity contribution is 4.84. The third kappa shape index (κ3) is 12.7. The van der Waals surface area contributed by atoms with Crippen molar-refractivity contribution in [3.05, 3.63) is 0 Å². The molecule has 0 aromatic carbocycles. The summed E-state index contributed by atoms with van der Waals surface area (Å²) in [6, 6.07) is 0.687. The Balaban J connectivity index is 1.73. The standard InChI is InChI=1S/C18H39N3O4/c1-17(20-7-4-5-9-23-12-11-22-3)25-14-13-24-10-6-8-21-15-18(16-21)19-2/h17-20H,4-16H2,1-3H3. The first-order chi connectivity index (χ1) is 12.3. The minimum Gasteiger partial charge on any atom is -0.382 e. The van der Waals surface area contributed by atoms with Gasteiger partial charge in [0.2, 0.25) is 0 Å². The summed E-state index contributed by atoms with van der Waals surface area (Å²) in [4.78, 5) is 2.45. The van der Waals surface area contributed by atoms with Crippen LogP contribution in [-0.2, 0) is 18.9 Å². The molecule has 150 valence electrons. The summed E-state index contributed by atoms with van der Waals surface area (Å²) >= 11 is 0. The second-order valence-electron chi connectivity index (χ2n) is 6.49. The Labute approximate surface area is 153 Å². The number of rotatable bonds is 18. The van der Waals surface area contributed by atoms with Crippen LogP contribution in [0.3, 0.4) is 0 Å². The van der Waals surface area contributed by atoms with E-state index in [0.717, 1.165) is 45.6 Å². The van der Waals surface area contributed by atoms with Crippen LogP contribution in [0.1, 0.15) is 26.2 Å². The fourth-order valence-electron chi connectivity index (χ4n) is 2.65. The molecule has 1 atom stereocenters.